The van der Waals surface area contributed by atoms with E-state index in [1.165, 1.54) is 6.07 Å². The van der Waals surface area contributed by atoms with E-state index in [1.807, 2.05) is 0 Å². The summed E-state index contributed by atoms with van der Waals surface area (Å²) in [5.41, 5.74) is 4.88. The fourth-order valence-corrected chi connectivity index (χ4v) is 1.41. The van der Waals surface area contributed by atoms with Gasteiger partial charge in [-0.1, -0.05) is 0 Å². The number of ether oxygens (including phenoxy) is 1. The van der Waals surface area contributed by atoms with Crippen molar-refractivity contribution < 1.29 is 19.0 Å². The van der Waals surface area contributed by atoms with Crippen LogP contribution in [0.5, 0.6) is 5.75 Å². The van der Waals surface area contributed by atoms with Crippen molar-refractivity contribution in [3.05, 3.63) is 23.5 Å². The van der Waals surface area contributed by atoms with Gasteiger partial charge in [-0.3, -0.25) is 0 Å². The molecular weight excluding hydrogens is 213 g/mol. The minimum absolute atomic E-state index is 0.145. The second-order valence-corrected chi connectivity index (χ2v) is 3.89. The van der Waals surface area contributed by atoms with E-state index in [4.69, 9.17) is 15.6 Å². The third kappa shape index (κ3) is 2.08. The molecule has 0 atom stereocenters. The first-order chi connectivity index (χ1) is 7.59. The summed E-state index contributed by atoms with van der Waals surface area (Å²) >= 11 is 0. The quantitative estimate of drug-likeness (QED) is 0.767. The highest BCUT2D eigenvalue weighted by Crippen LogP contribution is 2.32. The van der Waals surface area contributed by atoms with Gasteiger partial charge in [0.15, 0.2) is 0 Å². The topological polar surface area (TPSA) is 72.5 Å². The molecule has 16 heavy (non-hydrogen) atoms. The molecular formula is C11H12FNO3. The molecule has 4 nitrogen and oxygen atoms in total. The lowest BCUT2D eigenvalue weighted by molar-refractivity contribution is 0.0692. The monoisotopic (exact) mass is 225 g/mol. The molecule has 0 spiro atoms. The summed E-state index contributed by atoms with van der Waals surface area (Å²) in [4.78, 5) is 10.8. The molecule has 0 heterocycles. The van der Waals surface area contributed by atoms with Gasteiger partial charge in [-0.15, -0.1) is 0 Å². The van der Waals surface area contributed by atoms with Crippen molar-refractivity contribution in [1.29, 1.82) is 0 Å². The summed E-state index contributed by atoms with van der Waals surface area (Å²) in [6.07, 6.45) is 2.24. The normalized spacial score (nSPS) is 14.8. The first kappa shape index (κ1) is 10.7. The van der Waals surface area contributed by atoms with Crippen LogP contribution in [0.1, 0.15) is 23.2 Å². The van der Waals surface area contributed by atoms with Crippen LogP contribution >= 0.6 is 0 Å². The Bertz CT molecular complexity index is 429. The van der Waals surface area contributed by atoms with E-state index in [9.17, 15) is 9.18 Å². The largest absolute Gasteiger partial charge is 0.491 e. The molecule has 86 valence electrons. The molecule has 1 saturated carbocycles. The molecule has 1 aromatic carbocycles. The van der Waals surface area contributed by atoms with Gasteiger partial charge in [0, 0.05) is 0 Å². The van der Waals surface area contributed by atoms with Gasteiger partial charge < -0.3 is 15.6 Å². The highest BCUT2D eigenvalue weighted by molar-refractivity contribution is 5.95. The van der Waals surface area contributed by atoms with Crippen molar-refractivity contribution >= 4 is 11.7 Å². The average Bonchev–Trinajstić information content (AvgIpc) is 3.00. The van der Waals surface area contributed by atoms with Gasteiger partial charge >= 0.3 is 5.97 Å². The van der Waals surface area contributed by atoms with Gasteiger partial charge in [-0.05, 0) is 30.9 Å². The van der Waals surface area contributed by atoms with Crippen molar-refractivity contribution in [2.45, 2.75) is 12.8 Å². The summed E-state index contributed by atoms with van der Waals surface area (Å²) in [6.45, 7) is 0.509. The van der Waals surface area contributed by atoms with Crippen LogP contribution in [0.15, 0.2) is 12.1 Å². The molecule has 3 N–H and O–H groups in total. The third-order valence-electron chi connectivity index (χ3n) is 2.54. The van der Waals surface area contributed by atoms with Crippen LogP contribution < -0.4 is 10.5 Å². The number of rotatable bonds is 4. The first-order valence-corrected chi connectivity index (χ1v) is 5.03. The Labute approximate surface area is 91.8 Å². The number of hydrogen-bond acceptors (Lipinski definition) is 3. The van der Waals surface area contributed by atoms with Crippen molar-refractivity contribution in [2.24, 2.45) is 5.92 Å². The molecule has 2 rings (SSSR count). The number of anilines is 1. The van der Waals surface area contributed by atoms with Crippen molar-refractivity contribution in [3.8, 4) is 5.75 Å². The summed E-state index contributed by atoms with van der Waals surface area (Å²) in [7, 11) is 0. The molecule has 0 amide bonds. The number of aromatic carboxylic acids is 1. The second-order valence-electron chi connectivity index (χ2n) is 3.89. The molecule has 1 aromatic rings. The molecule has 0 radical (unpaired) electrons. The van der Waals surface area contributed by atoms with E-state index < -0.39 is 17.3 Å². The predicted molar refractivity (Wildman–Crippen MR) is 56.0 cm³/mol. The Kier molecular flexibility index (Phi) is 2.68. The van der Waals surface area contributed by atoms with Gasteiger partial charge in [0.25, 0.3) is 0 Å². The van der Waals surface area contributed by atoms with E-state index >= 15 is 0 Å². The van der Waals surface area contributed by atoms with Crippen LogP contribution in [-0.4, -0.2) is 17.7 Å². The molecule has 0 bridgehead atoms. The number of carboxylic acid groups (broad SMARTS) is 1. The summed E-state index contributed by atoms with van der Waals surface area (Å²) in [6, 6.07) is 2.42. The number of hydrogen-bond donors (Lipinski definition) is 2. The Balaban J connectivity index is 2.23. The predicted octanol–water partition coefficient (Wildman–Crippen LogP) is 1.89. The maximum Gasteiger partial charge on any atom is 0.340 e. The molecule has 0 unspecified atom stereocenters. The number of carboxylic acids is 1. The molecule has 0 aliphatic heterocycles. The number of nitrogen functional groups attached to an aromatic ring is 1. The highest BCUT2D eigenvalue weighted by atomic mass is 19.1. The molecule has 1 aliphatic rings. The molecule has 1 fully saturated rings. The van der Waals surface area contributed by atoms with Crippen LogP contribution in [0.2, 0.25) is 0 Å². The number of halogens is 1. The molecule has 1 aliphatic carbocycles. The van der Waals surface area contributed by atoms with Crippen molar-refractivity contribution in [1.82, 2.24) is 0 Å². The van der Waals surface area contributed by atoms with Gasteiger partial charge in [0.2, 0.25) is 0 Å². The summed E-state index contributed by atoms with van der Waals surface area (Å²) in [5.74, 6) is -1.46. The number of nitrogens with two attached hydrogens (primary N) is 1. The van der Waals surface area contributed by atoms with Gasteiger partial charge in [-0.2, -0.15) is 0 Å². The van der Waals surface area contributed by atoms with E-state index in [2.05, 4.69) is 0 Å². The lowest BCUT2D eigenvalue weighted by Crippen LogP contribution is -2.09. The Morgan fingerprint density at radius 3 is 2.81 bits per heavy atom. The minimum atomic E-state index is -1.38. The van der Waals surface area contributed by atoms with Crippen LogP contribution in [0, 0.1) is 11.7 Å². The van der Waals surface area contributed by atoms with Gasteiger partial charge in [0.05, 0.1) is 12.3 Å². The average molecular weight is 225 g/mol. The lowest BCUT2D eigenvalue weighted by Gasteiger charge is -2.10. The zero-order valence-electron chi connectivity index (χ0n) is 8.57. The minimum Gasteiger partial charge on any atom is -0.491 e. The zero-order valence-corrected chi connectivity index (χ0v) is 8.57. The zero-order chi connectivity index (χ0) is 11.7. The number of benzene rings is 1. The Morgan fingerprint density at radius 2 is 2.25 bits per heavy atom. The van der Waals surface area contributed by atoms with E-state index in [0.717, 1.165) is 18.9 Å². The molecule has 0 saturated heterocycles. The van der Waals surface area contributed by atoms with Crippen LogP contribution in [0.4, 0.5) is 10.1 Å². The Hall–Kier alpha value is -1.78. The van der Waals surface area contributed by atoms with Crippen LogP contribution in [0.25, 0.3) is 0 Å². The van der Waals surface area contributed by atoms with E-state index in [-0.39, 0.29) is 11.4 Å². The fourth-order valence-electron chi connectivity index (χ4n) is 1.41. The third-order valence-corrected chi connectivity index (χ3v) is 2.54. The first-order valence-electron chi connectivity index (χ1n) is 5.03. The summed E-state index contributed by atoms with van der Waals surface area (Å²) in [5, 5.41) is 8.79. The second kappa shape index (κ2) is 4.00. The van der Waals surface area contributed by atoms with Gasteiger partial charge in [0.1, 0.15) is 17.1 Å². The standard InChI is InChI=1S/C11H12FNO3/c12-7-3-4-8(16-5-6-1-2-6)10(13)9(7)11(14)15/h3-4,6H,1-2,5,13H2,(H,14,15). The maximum atomic E-state index is 13.2. The SMILES string of the molecule is Nc1c(OCC2CC2)ccc(F)c1C(=O)O. The number of carbonyl (C=O) groups is 1. The van der Waals surface area contributed by atoms with E-state index in [0.29, 0.717) is 12.5 Å². The molecule has 5 heteroatoms. The lowest BCUT2D eigenvalue weighted by atomic mass is 10.1. The van der Waals surface area contributed by atoms with Crippen LogP contribution in [0.3, 0.4) is 0 Å². The Morgan fingerprint density at radius 1 is 1.56 bits per heavy atom. The van der Waals surface area contributed by atoms with E-state index in [1.54, 1.807) is 0 Å². The fraction of sp³-hybridized carbons (Fsp3) is 0.364. The van der Waals surface area contributed by atoms with Crippen molar-refractivity contribution in [2.75, 3.05) is 12.3 Å². The smallest absolute Gasteiger partial charge is 0.340 e. The van der Waals surface area contributed by atoms with Gasteiger partial charge in [-0.25, -0.2) is 9.18 Å². The maximum absolute atomic E-state index is 13.2. The highest BCUT2D eigenvalue weighted by Gasteiger charge is 2.23. The van der Waals surface area contributed by atoms with Crippen molar-refractivity contribution in [3.63, 3.8) is 0 Å². The molecule has 0 aromatic heterocycles. The van der Waals surface area contributed by atoms with Crippen LogP contribution in [-0.2, 0) is 0 Å². The summed E-state index contributed by atoms with van der Waals surface area (Å²) < 4.78 is 18.5.